The highest BCUT2D eigenvalue weighted by Crippen LogP contribution is 2.34. The first-order valence-electron chi connectivity index (χ1n) is 5.87. The Labute approximate surface area is 112 Å². The molecule has 2 heteroatoms. The molecule has 1 aromatic carbocycles. The Balaban J connectivity index is 2.26. The lowest BCUT2D eigenvalue weighted by Gasteiger charge is -2.11. The Hall–Kier alpha value is -0.790. The Kier molecular flexibility index (Phi) is 3.90. The molecule has 0 nitrogen and oxygen atoms in total. The standard InChI is InChI=1S/C15H17ClS/c1-10(2)12-4-6-13(7-5-12)14(16)15-11(3)8-9-17-15/h4-10,14H,1-3H3. The Morgan fingerprint density at radius 3 is 2.06 bits per heavy atom. The summed E-state index contributed by atoms with van der Waals surface area (Å²) in [6.07, 6.45) is 0. The fourth-order valence-corrected chi connectivity index (χ4v) is 3.25. The SMILES string of the molecule is Cc1ccsc1C(Cl)c1ccc(C(C)C)cc1. The van der Waals surface area contributed by atoms with Gasteiger partial charge in [0.05, 0.1) is 5.38 Å². The summed E-state index contributed by atoms with van der Waals surface area (Å²) in [7, 11) is 0. The molecule has 0 aliphatic rings. The number of hydrogen-bond donors (Lipinski definition) is 0. The van der Waals surface area contributed by atoms with E-state index in [1.165, 1.54) is 21.6 Å². The first-order chi connectivity index (χ1) is 8.09. The summed E-state index contributed by atoms with van der Waals surface area (Å²) in [6.45, 7) is 6.52. The fraction of sp³-hybridized carbons (Fsp3) is 0.333. The van der Waals surface area contributed by atoms with Crippen LogP contribution in [0, 0.1) is 6.92 Å². The summed E-state index contributed by atoms with van der Waals surface area (Å²) in [5, 5.41) is 2.08. The van der Waals surface area contributed by atoms with Crippen molar-refractivity contribution in [3.63, 3.8) is 0 Å². The van der Waals surface area contributed by atoms with Crippen LogP contribution in [0.15, 0.2) is 35.7 Å². The zero-order valence-corrected chi connectivity index (χ0v) is 12.0. The molecule has 0 amide bonds. The molecule has 1 heterocycles. The summed E-state index contributed by atoms with van der Waals surface area (Å²) in [6, 6.07) is 10.8. The van der Waals surface area contributed by atoms with Crippen molar-refractivity contribution in [3.8, 4) is 0 Å². The quantitative estimate of drug-likeness (QED) is 0.642. The molecule has 90 valence electrons. The van der Waals surface area contributed by atoms with Gasteiger partial charge in [-0.1, -0.05) is 38.1 Å². The number of thiophene rings is 1. The zero-order chi connectivity index (χ0) is 12.4. The molecule has 0 fully saturated rings. The van der Waals surface area contributed by atoms with E-state index in [1.807, 2.05) is 0 Å². The van der Waals surface area contributed by atoms with Crippen LogP contribution in [0.1, 0.15) is 46.7 Å². The van der Waals surface area contributed by atoms with Crippen LogP contribution in [0.4, 0.5) is 0 Å². The van der Waals surface area contributed by atoms with Gasteiger partial charge in [-0.15, -0.1) is 22.9 Å². The summed E-state index contributed by atoms with van der Waals surface area (Å²) >= 11 is 8.25. The van der Waals surface area contributed by atoms with Gasteiger partial charge in [-0.05, 0) is 41.0 Å². The molecule has 17 heavy (non-hydrogen) atoms. The lowest BCUT2D eigenvalue weighted by Crippen LogP contribution is -1.94. The average molecular weight is 265 g/mol. The van der Waals surface area contributed by atoms with Gasteiger partial charge < -0.3 is 0 Å². The monoisotopic (exact) mass is 264 g/mol. The normalized spacial score (nSPS) is 13.0. The van der Waals surface area contributed by atoms with Crippen LogP contribution in [0.25, 0.3) is 0 Å². The largest absolute Gasteiger partial charge is 0.147 e. The third kappa shape index (κ3) is 2.72. The molecule has 0 aliphatic heterocycles. The topological polar surface area (TPSA) is 0 Å². The second-order valence-electron chi connectivity index (χ2n) is 4.65. The summed E-state index contributed by atoms with van der Waals surface area (Å²) < 4.78 is 0. The van der Waals surface area contributed by atoms with Crippen molar-refractivity contribution in [2.75, 3.05) is 0 Å². The number of benzene rings is 1. The van der Waals surface area contributed by atoms with Crippen LogP contribution in [0.3, 0.4) is 0 Å². The van der Waals surface area contributed by atoms with Crippen molar-refractivity contribution in [2.45, 2.75) is 32.1 Å². The van der Waals surface area contributed by atoms with Gasteiger partial charge in [0.2, 0.25) is 0 Å². The molecule has 0 bridgehead atoms. The van der Waals surface area contributed by atoms with Gasteiger partial charge in [-0.2, -0.15) is 0 Å². The van der Waals surface area contributed by atoms with E-state index in [0.717, 1.165) is 0 Å². The molecule has 2 aromatic rings. The third-order valence-corrected chi connectivity index (χ3v) is 4.71. The van der Waals surface area contributed by atoms with E-state index in [0.29, 0.717) is 5.92 Å². The second kappa shape index (κ2) is 5.24. The smallest absolute Gasteiger partial charge is 0.0930 e. The molecule has 0 spiro atoms. The first kappa shape index (κ1) is 12.7. The van der Waals surface area contributed by atoms with Crippen molar-refractivity contribution in [3.05, 3.63) is 57.3 Å². The van der Waals surface area contributed by atoms with Crippen LogP contribution in [0.2, 0.25) is 0 Å². The molecule has 1 unspecified atom stereocenters. The minimum Gasteiger partial charge on any atom is -0.147 e. The molecule has 0 saturated heterocycles. The second-order valence-corrected chi connectivity index (χ2v) is 6.04. The summed E-state index contributed by atoms with van der Waals surface area (Å²) in [5.41, 5.74) is 3.82. The Bertz CT molecular complexity index is 482. The van der Waals surface area contributed by atoms with Crippen molar-refractivity contribution in [1.82, 2.24) is 0 Å². The number of hydrogen-bond acceptors (Lipinski definition) is 1. The molecule has 1 aromatic heterocycles. The van der Waals surface area contributed by atoms with Crippen LogP contribution in [-0.4, -0.2) is 0 Å². The number of alkyl halides is 1. The van der Waals surface area contributed by atoms with Gasteiger partial charge in [-0.3, -0.25) is 0 Å². The fourth-order valence-electron chi connectivity index (χ4n) is 1.85. The molecular weight excluding hydrogens is 248 g/mol. The van der Waals surface area contributed by atoms with Crippen molar-refractivity contribution in [1.29, 1.82) is 0 Å². The molecular formula is C15H17ClS. The van der Waals surface area contributed by atoms with Gasteiger partial charge in [0, 0.05) is 4.88 Å². The maximum Gasteiger partial charge on any atom is 0.0930 e. The first-order valence-corrected chi connectivity index (χ1v) is 7.19. The predicted molar refractivity (Wildman–Crippen MR) is 77.3 cm³/mol. The van der Waals surface area contributed by atoms with Gasteiger partial charge in [0.15, 0.2) is 0 Å². The number of aryl methyl sites for hydroxylation is 1. The van der Waals surface area contributed by atoms with E-state index in [4.69, 9.17) is 11.6 Å². The highest BCUT2D eigenvalue weighted by atomic mass is 35.5. The van der Waals surface area contributed by atoms with Gasteiger partial charge in [0.1, 0.15) is 0 Å². The lowest BCUT2D eigenvalue weighted by atomic mass is 10.00. The minimum atomic E-state index is -0.0174. The van der Waals surface area contributed by atoms with Gasteiger partial charge >= 0.3 is 0 Å². The third-order valence-electron chi connectivity index (χ3n) is 3.03. The van der Waals surface area contributed by atoms with Gasteiger partial charge in [-0.25, -0.2) is 0 Å². The summed E-state index contributed by atoms with van der Waals surface area (Å²) in [5.74, 6) is 0.571. The molecule has 0 radical (unpaired) electrons. The van der Waals surface area contributed by atoms with E-state index >= 15 is 0 Å². The average Bonchev–Trinajstić information content (AvgIpc) is 2.74. The van der Waals surface area contributed by atoms with Crippen LogP contribution < -0.4 is 0 Å². The van der Waals surface area contributed by atoms with E-state index in [9.17, 15) is 0 Å². The van der Waals surface area contributed by atoms with E-state index in [2.05, 4.69) is 56.5 Å². The van der Waals surface area contributed by atoms with Crippen molar-refractivity contribution in [2.24, 2.45) is 0 Å². The van der Waals surface area contributed by atoms with Crippen LogP contribution >= 0.6 is 22.9 Å². The van der Waals surface area contributed by atoms with E-state index in [1.54, 1.807) is 11.3 Å². The Morgan fingerprint density at radius 1 is 1.00 bits per heavy atom. The van der Waals surface area contributed by atoms with Crippen molar-refractivity contribution < 1.29 is 0 Å². The number of halogens is 1. The van der Waals surface area contributed by atoms with E-state index in [-0.39, 0.29) is 5.38 Å². The molecule has 0 N–H and O–H groups in total. The zero-order valence-electron chi connectivity index (χ0n) is 10.4. The minimum absolute atomic E-state index is 0.0174. The maximum atomic E-state index is 6.52. The number of rotatable bonds is 3. The molecule has 2 rings (SSSR count). The molecule has 0 aliphatic carbocycles. The predicted octanol–water partition coefficient (Wildman–Crippen LogP) is 5.51. The van der Waals surface area contributed by atoms with Gasteiger partial charge in [0.25, 0.3) is 0 Å². The highest BCUT2D eigenvalue weighted by molar-refractivity contribution is 7.10. The maximum absolute atomic E-state index is 6.52. The van der Waals surface area contributed by atoms with Crippen LogP contribution in [-0.2, 0) is 0 Å². The molecule has 1 atom stereocenters. The lowest BCUT2D eigenvalue weighted by molar-refractivity contribution is 0.865. The Morgan fingerprint density at radius 2 is 1.59 bits per heavy atom. The highest BCUT2D eigenvalue weighted by Gasteiger charge is 2.14. The van der Waals surface area contributed by atoms with Crippen LogP contribution in [0.5, 0.6) is 0 Å². The summed E-state index contributed by atoms with van der Waals surface area (Å²) in [4.78, 5) is 1.25. The van der Waals surface area contributed by atoms with E-state index < -0.39 is 0 Å². The molecule has 0 saturated carbocycles. The van der Waals surface area contributed by atoms with Crippen molar-refractivity contribution >= 4 is 22.9 Å².